The molecule has 1 N–H and O–H groups in total. The van der Waals surface area contributed by atoms with Gasteiger partial charge in [-0.15, -0.1) is 0 Å². The average molecular weight is 235 g/mol. The molecule has 0 amide bonds. The summed E-state index contributed by atoms with van der Waals surface area (Å²) < 4.78 is 12.4. The Kier molecular flexibility index (Phi) is 7.95. The molecule has 94 valence electrons. The van der Waals surface area contributed by atoms with Gasteiger partial charge in [-0.1, -0.05) is 36.3 Å². The van der Waals surface area contributed by atoms with Crippen LogP contribution in [-0.4, -0.2) is 6.21 Å². The Morgan fingerprint density at radius 2 is 1.88 bits per heavy atom. The normalized spacial score (nSPS) is 16.4. The predicted octanol–water partition coefficient (Wildman–Crippen LogP) is 4.98. The highest BCUT2D eigenvalue weighted by atomic mass is 19.1. The van der Waals surface area contributed by atoms with E-state index in [0.29, 0.717) is 5.92 Å². The molecule has 0 aliphatic rings. The molecule has 1 unspecified atom stereocenters. The molecule has 0 aliphatic carbocycles. The van der Waals surface area contributed by atoms with E-state index in [1.165, 1.54) is 30.4 Å². The van der Waals surface area contributed by atoms with Gasteiger partial charge in [0.25, 0.3) is 0 Å². The Hall–Kier alpha value is -1.44. The summed E-state index contributed by atoms with van der Waals surface area (Å²) in [6, 6.07) is 0. The van der Waals surface area contributed by atoms with Gasteiger partial charge in [-0.2, -0.15) is 0 Å². The molecular formula is C15H22FN. The predicted molar refractivity (Wildman–Crippen MR) is 74.1 cm³/mol. The van der Waals surface area contributed by atoms with Gasteiger partial charge in [0.2, 0.25) is 0 Å². The fraction of sp³-hybridized carbons (Fsp3) is 0.400. The topological polar surface area (TPSA) is 23.9 Å². The monoisotopic (exact) mass is 235 g/mol. The number of halogens is 1. The van der Waals surface area contributed by atoms with Crippen LogP contribution in [-0.2, 0) is 0 Å². The first-order chi connectivity index (χ1) is 7.97. The smallest absolute Gasteiger partial charge is 0.0968 e. The third kappa shape index (κ3) is 8.38. The standard InChI is InChI=1S/C15H22FN/c1-12(7-5-6-8-15(4)16)11-14(3)13(2)9-10-17/h5-6,8-11,14,17H,7H2,1-4H3/b6-5+,12-11+,13-9+,15-8+,17-10?. The van der Waals surface area contributed by atoms with Crippen LogP contribution in [0.1, 0.15) is 34.1 Å². The van der Waals surface area contributed by atoms with Crippen molar-refractivity contribution in [2.45, 2.75) is 34.1 Å². The van der Waals surface area contributed by atoms with Gasteiger partial charge in [0.15, 0.2) is 0 Å². The highest BCUT2D eigenvalue weighted by molar-refractivity contribution is 5.68. The van der Waals surface area contributed by atoms with Crippen LogP contribution in [0, 0.1) is 11.3 Å². The van der Waals surface area contributed by atoms with Crippen LogP contribution in [0.2, 0.25) is 0 Å². The van der Waals surface area contributed by atoms with Crippen molar-refractivity contribution in [1.29, 1.82) is 5.41 Å². The van der Waals surface area contributed by atoms with E-state index in [-0.39, 0.29) is 5.83 Å². The second-order valence-corrected chi connectivity index (χ2v) is 4.26. The second kappa shape index (κ2) is 8.68. The summed E-state index contributed by atoms with van der Waals surface area (Å²) in [7, 11) is 0. The van der Waals surface area contributed by atoms with Crippen LogP contribution < -0.4 is 0 Å². The zero-order chi connectivity index (χ0) is 13.3. The van der Waals surface area contributed by atoms with Crippen molar-refractivity contribution in [2.75, 3.05) is 0 Å². The zero-order valence-electron chi connectivity index (χ0n) is 11.1. The Morgan fingerprint density at radius 3 is 2.41 bits per heavy atom. The van der Waals surface area contributed by atoms with E-state index in [9.17, 15) is 4.39 Å². The van der Waals surface area contributed by atoms with Gasteiger partial charge in [0, 0.05) is 6.21 Å². The SMILES string of the molecule is C/C(F)=C\C=C\C/C(C)=C/C(C)/C(C)=C/C=N. The first-order valence-corrected chi connectivity index (χ1v) is 5.80. The fourth-order valence-corrected chi connectivity index (χ4v) is 1.36. The van der Waals surface area contributed by atoms with E-state index in [2.05, 4.69) is 19.9 Å². The molecule has 0 fully saturated rings. The van der Waals surface area contributed by atoms with Crippen molar-refractivity contribution in [2.24, 2.45) is 5.92 Å². The lowest BCUT2D eigenvalue weighted by molar-refractivity contribution is 0.640. The van der Waals surface area contributed by atoms with E-state index in [1.807, 2.05) is 13.0 Å². The summed E-state index contributed by atoms with van der Waals surface area (Å²) >= 11 is 0. The lowest BCUT2D eigenvalue weighted by Crippen LogP contribution is -1.93. The van der Waals surface area contributed by atoms with Crippen molar-refractivity contribution in [1.82, 2.24) is 0 Å². The summed E-state index contributed by atoms with van der Waals surface area (Å²) in [5.41, 5.74) is 2.42. The number of hydrogen-bond acceptors (Lipinski definition) is 1. The summed E-state index contributed by atoms with van der Waals surface area (Å²) in [4.78, 5) is 0. The maximum Gasteiger partial charge on any atom is 0.0968 e. The van der Waals surface area contributed by atoms with Gasteiger partial charge < -0.3 is 5.41 Å². The van der Waals surface area contributed by atoms with Crippen LogP contribution >= 0.6 is 0 Å². The number of rotatable bonds is 6. The molecule has 0 aromatic carbocycles. The summed E-state index contributed by atoms with van der Waals surface area (Å²) in [5, 5.41) is 7.01. The lowest BCUT2D eigenvalue weighted by atomic mass is 9.99. The highest BCUT2D eigenvalue weighted by Crippen LogP contribution is 2.14. The fourth-order valence-electron chi connectivity index (χ4n) is 1.36. The minimum atomic E-state index is -0.180. The molecular weight excluding hydrogens is 213 g/mol. The quantitative estimate of drug-likeness (QED) is 0.381. The molecule has 0 saturated carbocycles. The first kappa shape index (κ1) is 15.6. The molecule has 2 heteroatoms. The van der Waals surface area contributed by atoms with Crippen LogP contribution in [0.5, 0.6) is 0 Å². The molecule has 0 heterocycles. The molecule has 0 aliphatic heterocycles. The van der Waals surface area contributed by atoms with Crippen molar-refractivity contribution in [3.8, 4) is 0 Å². The van der Waals surface area contributed by atoms with Crippen LogP contribution in [0.3, 0.4) is 0 Å². The molecule has 0 aromatic rings. The Balaban J connectivity index is 4.36. The van der Waals surface area contributed by atoms with Crippen molar-refractivity contribution >= 4 is 6.21 Å². The Morgan fingerprint density at radius 1 is 1.24 bits per heavy atom. The van der Waals surface area contributed by atoms with E-state index < -0.39 is 0 Å². The lowest BCUT2D eigenvalue weighted by Gasteiger charge is -2.07. The Bertz CT molecular complexity index is 355. The van der Waals surface area contributed by atoms with E-state index >= 15 is 0 Å². The summed E-state index contributed by atoms with van der Waals surface area (Å²) in [5.74, 6) is 0.157. The third-order valence-corrected chi connectivity index (χ3v) is 2.50. The maximum absolute atomic E-state index is 12.4. The molecule has 0 aromatic heterocycles. The van der Waals surface area contributed by atoms with Crippen molar-refractivity contribution in [3.63, 3.8) is 0 Å². The van der Waals surface area contributed by atoms with Gasteiger partial charge in [-0.3, -0.25) is 0 Å². The first-order valence-electron chi connectivity index (χ1n) is 5.80. The van der Waals surface area contributed by atoms with Crippen molar-refractivity contribution in [3.05, 3.63) is 47.4 Å². The van der Waals surface area contributed by atoms with Crippen LogP contribution in [0.25, 0.3) is 0 Å². The van der Waals surface area contributed by atoms with Gasteiger partial charge in [-0.05, 0) is 45.3 Å². The molecule has 1 nitrogen and oxygen atoms in total. The molecule has 0 rings (SSSR count). The van der Waals surface area contributed by atoms with Crippen LogP contribution in [0.4, 0.5) is 4.39 Å². The van der Waals surface area contributed by atoms with Crippen molar-refractivity contribution < 1.29 is 4.39 Å². The number of nitrogens with one attached hydrogen (secondary N) is 1. The van der Waals surface area contributed by atoms with E-state index in [1.54, 1.807) is 12.2 Å². The summed E-state index contributed by atoms with van der Waals surface area (Å²) in [6.45, 7) is 7.61. The van der Waals surface area contributed by atoms with E-state index in [0.717, 1.165) is 6.42 Å². The minimum absolute atomic E-state index is 0.180. The second-order valence-electron chi connectivity index (χ2n) is 4.26. The molecule has 1 atom stereocenters. The molecule has 0 radical (unpaired) electrons. The van der Waals surface area contributed by atoms with Gasteiger partial charge in [-0.25, -0.2) is 4.39 Å². The minimum Gasteiger partial charge on any atom is -0.309 e. The molecule has 0 saturated heterocycles. The maximum atomic E-state index is 12.4. The summed E-state index contributed by atoms with van der Waals surface area (Å²) in [6.07, 6.45) is 11.2. The third-order valence-electron chi connectivity index (χ3n) is 2.50. The Labute approximate surface area is 104 Å². The molecule has 0 spiro atoms. The van der Waals surface area contributed by atoms with Gasteiger partial charge >= 0.3 is 0 Å². The average Bonchev–Trinajstić information content (AvgIpc) is 2.24. The van der Waals surface area contributed by atoms with Gasteiger partial charge in [0.05, 0.1) is 5.83 Å². The molecule has 17 heavy (non-hydrogen) atoms. The number of allylic oxidation sites excluding steroid dienone is 8. The van der Waals surface area contributed by atoms with E-state index in [4.69, 9.17) is 5.41 Å². The van der Waals surface area contributed by atoms with Gasteiger partial charge in [0.1, 0.15) is 0 Å². The number of hydrogen-bond donors (Lipinski definition) is 1. The highest BCUT2D eigenvalue weighted by Gasteiger charge is 1.99. The van der Waals surface area contributed by atoms with Crippen LogP contribution in [0.15, 0.2) is 47.4 Å². The molecule has 0 bridgehead atoms. The zero-order valence-corrected chi connectivity index (χ0v) is 11.1. The largest absolute Gasteiger partial charge is 0.309 e.